The van der Waals surface area contributed by atoms with Gasteiger partial charge in [-0.3, -0.25) is 0 Å². The van der Waals surface area contributed by atoms with Gasteiger partial charge in [0.15, 0.2) is 0 Å². The standard InChI is InChI=1S/C13H13BrN2O2/c1-9(13(17)18-2)16-8-7-15-12(16)10-5-3-4-6-11(10)14/h3-9H,1-2H3. The molecule has 2 rings (SSSR count). The van der Waals surface area contributed by atoms with Crippen molar-refractivity contribution in [3.8, 4) is 11.4 Å². The zero-order chi connectivity index (χ0) is 13.1. The van der Waals surface area contributed by atoms with Gasteiger partial charge in [0.2, 0.25) is 0 Å². The Morgan fingerprint density at radius 2 is 2.17 bits per heavy atom. The van der Waals surface area contributed by atoms with E-state index < -0.39 is 6.04 Å². The van der Waals surface area contributed by atoms with E-state index in [4.69, 9.17) is 4.74 Å². The van der Waals surface area contributed by atoms with Crippen molar-refractivity contribution in [2.24, 2.45) is 0 Å². The van der Waals surface area contributed by atoms with Crippen LogP contribution in [0.1, 0.15) is 13.0 Å². The molecule has 0 saturated carbocycles. The number of nitrogens with zero attached hydrogens (tertiary/aromatic N) is 2. The highest BCUT2D eigenvalue weighted by Crippen LogP contribution is 2.28. The average molecular weight is 309 g/mol. The molecule has 0 saturated heterocycles. The molecule has 1 aromatic carbocycles. The first-order chi connectivity index (χ1) is 8.65. The number of carbonyl (C=O) groups excluding carboxylic acids is 1. The van der Waals surface area contributed by atoms with Gasteiger partial charge in [-0.25, -0.2) is 9.78 Å². The molecule has 0 N–H and O–H groups in total. The lowest BCUT2D eigenvalue weighted by Crippen LogP contribution is -2.18. The van der Waals surface area contributed by atoms with E-state index in [0.717, 1.165) is 15.9 Å². The fourth-order valence-electron chi connectivity index (χ4n) is 1.76. The van der Waals surface area contributed by atoms with Crippen molar-refractivity contribution in [2.45, 2.75) is 13.0 Å². The van der Waals surface area contributed by atoms with Crippen LogP contribution in [0, 0.1) is 0 Å². The Morgan fingerprint density at radius 1 is 1.44 bits per heavy atom. The second-order valence-corrected chi connectivity index (χ2v) is 4.69. The molecule has 18 heavy (non-hydrogen) atoms. The molecular weight excluding hydrogens is 296 g/mol. The molecule has 5 heteroatoms. The van der Waals surface area contributed by atoms with Gasteiger partial charge < -0.3 is 9.30 Å². The predicted molar refractivity (Wildman–Crippen MR) is 72.1 cm³/mol. The van der Waals surface area contributed by atoms with Crippen LogP contribution in [0.4, 0.5) is 0 Å². The molecule has 4 nitrogen and oxygen atoms in total. The number of hydrogen-bond acceptors (Lipinski definition) is 3. The SMILES string of the molecule is COC(=O)C(C)n1ccnc1-c1ccccc1Br. The van der Waals surface area contributed by atoms with Crippen molar-refractivity contribution in [3.05, 3.63) is 41.1 Å². The van der Waals surface area contributed by atoms with Crippen LogP contribution in [0.3, 0.4) is 0 Å². The summed E-state index contributed by atoms with van der Waals surface area (Å²) in [7, 11) is 1.38. The van der Waals surface area contributed by atoms with E-state index >= 15 is 0 Å². The van der Waals surface area contributed by atoms with Gasteiger partial charge in [-0.05, 0) is 13.0 Å². The number of rotatable bonds is 3. The molecule has 0 spiro atoms. The molecule has 1 heterocycles. The fourth-order valence-corrected chi connectivity index (χ4v) is 2.22. The van der Waals surface area contributed by atoms with E-state index in [1.54, 1.807) is 23.9 Å². The zero-order valence-electron chi connectivity index (χ0n) is 10.1. The fraction of sp³-hybridized carbons (Fsp3) is 0.231. The Bertz CT molecular complexity index is 566. The summed E-state index contributed by atoms with van der Waals surface area (Å²) in [5.74, 6) is 0.446. The molecular formula is C13H13BrN2O2. The molecule has 0 aliphatic rings. The van der Waals surface area contributed by atoms with Crippen LogP contribution in [0.25, 0.3) is 11.4 Å². The van der Waals surface area contributed by atoms with Gasteiger partial charge >= 0.3 is 5.97 Å². The van der Waals surface area contributed by atoms with E-state index in [2.05, 4.69) is 20.9 Å². The Kier molecular flexibility index (Phi) is 3.81. The highest BCUT2D eigenvalue weighted by Gasteiger charge is 2.19. The first-order valence-electron chi connectivity index (χ1n) is 5.50. The number of imidazole rings is 1. The third-order valence-electron chi connectivity index (χ3n) is 2.74. The highest BCUT2D eigenvalue weighted by molar-refractivity contribution is 9.10. The first kappa shape index (κ1) is 12.8. The van der Waals surface area contributed by atoms with Crippen LogP contribution in [-0.2, 0) is 9.53 Å². The summed E-state index contributed by atoms with van der Waals surface area (Å²) in [5, 5.41) is 0. The molecule has 0 radical (unpaired) electrons. The molecule has 1 unspecified atom stereocenters. The maximum absolute atomic E-state index is 11.6. The van der Waals surface area contributed by atoms with Crippen molar-refractivity contribution in [3.63, 3.8) is 0 Å². The molecule has 0 amide bonds. The van der Waals surface area contributed by atoms with E-state index in [-0.39, 0.29) is 5.97 Å². The number of carbonyl (C=O) groups is 1. The smallest absolute Gasteiger partial charge is 0.328 e. The molecule has 0 bridgehead atoms. The van der Waals surface area contributed by atoms with Crippen LogP contribution in [0.2, 0.25) is 0 Å². The quantitative estimate of drug-likeness (QED) is 0.819. The molecule has 0 fully saturated rings. The minimum Gasteiger partial charge on any atom is -0.467 e. The Morgan fingerprint density at radius 3 is 2.83 bits per heavy atom. The molecule has 1 atom stereocenters. The number of ether oxygens (including phenoxy) is 1. The molecule has 94 valence electrons. The topological polar surface area (TPSA) is 44.1 Å². The average Bonchev–Trinajstić information content (AvgIpc) is 2.86. The third-order valence-corrected chi connectivity index (χ3v) is 3.43. The van der Waals surface area contributed by atoms with Gasteiger partial charge in [0, 0.05) is 22.4 Å². The van der Waals surface area contributed by atoms with Gasteiger partial charge in [-0.15, -0.1) is 0 Å². The largest absolute Gasteiger partial charge is 0.467 e. The van der Waals surface area contributed by atoms with E-state index in [1.165, 1.54) is 7.11 Å². The summed E-state index contributed by atoms with van der Waals surface area (Å²) in [4.78, 5) is 15.9. The molecule has 0 aliphatic heterocycles. The second kappa shape index (κ2) is 5.35. The molecule has 2 aromatic rings. The maximum atomic E-state index is 11.6. The Hall–Kier alpha value is -1.62. The Balaban J connectivity index is 2.46. The predicted octanol–water partition coefficient (Wildman–Crippen LogP) is 3.05. The minimum absolute atomic E-state index is 0.290. The van der Waals surface area contributed by atoms with Crippen molar-refractivity contribution in [1.82, 2.24) is 9.55 Å². The van der Waals surface area contributed by atoms with Crippen molar-refractivity contribution < 1.29 is 9.53 Å². The molecule has 0 aliphatic carbocycles. The summed E-state index contributed by atoms with van der Waals surface area (Å²) >= 11 is 3.49. The maximum Gasteiger partial charge on any atom is 0.328 e. The van der Waals surface area contributed by atoms with E-state index in [9.17, 15) is 4.79 Å². The van der Waals surface area contributed by atoms with Crippen LogP contribution in [0.5, 0.6) is 0 Å². The van der Waals surface area contributed by atoms with E-state index in [0.29, 0.717) is 0 Å². The van der Waals surface area contributed by atoms with Crippen molar-refractivity contribution >= 4 is 21.9 Å². The van der Waals surface area contributed by atoms with E-state index in [1.807, 2.05) is 24.3 Å². The molecule has 1 aromatic heterocycles. The summed E-state index contributed by atoms with van der Waals surface area (Å²) in [6.07, 6.45) is 3.45. The summed E-state index contributed by atoms with van der Waals surface area (Å²) in [5.41, 5.74) is 0.943. The lowest BCUT2D eigenvalue weighted by atomic mass is 10.2. The third kappa shape index (κ3) is 2.31. The van der Waals surface area contributed by atoms with Crippen molar-refractivity contribution in [2.75, 3.05) is 7.11 Å². The summed E-state index contributed by atoms with van der Waals surface area (Å²) in [6, 6.07) is 7.36. The number of benzene rings is 1. The summed E-state index contributed by atoms with van der Waals surface area (Å²) in [6.45, 7) is 1.79. The number of hydrogen-bond donors (Lipinski definition) is 0. The van der Waals surface area contributed by atoms with Crippen LogP contribution < -0.4 is 0 Å². The number of halogens is 1. The Labute approximate surface area is 114 Å². The van der Waals surface area contributed by atoms with Gasteiger partial charge in [-0.1, -0.05) is 34.1 Å². The van der Waals surface area contributed by atoms with Gasteiger partial charge in [0.1, 0.15) is 11.9 Å². The number of methoxy groups -OCH3 is 1. The minimum atomic E-state index is -0.403. The van der Waals surface area contributed by atoms with Gasteiger partial charge in [0.25, 0.3) is 0 Å². The number of esters is 1. The van der Waals surface area contributed by atoms with Crippen LogP contribution in [-0.4, -0.2) is 22.6 Å². The highest BCUT2D eigenvalue weighted by atomic mass is 79.9. The lowest BCUT2D eigenvalue weighted by Gasteiger charge is -2.14. The van der Waals surface area contributed by atoms with Gasteiger partial charge in [-0.2, -0.15) is 0 Å². The number of aromatic nitrogens is 2. The van der Waals surface area contributed by atoms with Gasteiger partial charge in [0.05, 0.1) is 7.11 Å². The van der Waals surface area contributed by atoms with Crippen LogP contribution >= 0.6 is 15.9 Å². The van der Waals surface area contributed by atoms with Crippen LogP contribution in [0.15, 0.2) is 41.1 Å². The normalized spacial score (nSPS) is 12.2. The monoisotopic (exact) mass is 308 g/mol. The zero-order valence-corrected chi connectivity index (χ0v) is 11.7. The summed E-state index contributed by atoms with van der Waals surface area (Å²) < 4.78 is 7.49. The van der Waals surface area contributed by atoms with Crippen molar-refractivity contribution in [1.29, 1.82) is 0 Å². The lowest BCUT2D eigenvalue weighted by molar-refractivity contribution is -0.143. The first-order valence-corrected chi connectivity index (χ1v) is 6.30. The second-order valence-electron chi connectivity index (χ2n) is 3.84.